The largest absolute Gasteiger partial charge is 0.330 e. The first-order valence-corrected chi connectivity index (χ1v) is 7.28. The number of thioether (sulfide) groups is 1. The molecule has 0 aromatic heterocycles. The van der Waals surface area contributed by atoms with E-state index >= 15 is 0 Å². The maximum atomic E-state index is 11.7. The van der Waals surface area contributed by atoms with Crippen molar-refractivity contribution in [1.82, 2.24) is 0 Å². The molecule has 0 radical (unpaired) electrons. The average Bonchev–Trinajstić information content (AvgIpc) is 2.39. The molecule has 0 heterocycles. The number of amides is 1. The molecule has 0 aliphatic carbocycles. The molecule has 5 heteroatoms. The number of nitriles is 1. The van der Waals surface area contributed by atoms with Crippen molar-refractivity contribution in [2.75, 3.05) is 17.6 Å². The number of carbonyl (C=O) groups is 1. The number of nitrogens with one attached hydrogen (secondary N) is 1. The molecule has 102 valence electrons. The van der Waals surface area contributed by atoms with Crippen LogP contribution in [-0.4, -0.2) is 23.5 Å². The zero-order valence-electron chi connectivity index (χ0n) is 11.1. The van der Waals surface area contributed by atoms with Crippen molar-refractivity contribution in [1.29, 1.82) is 5.26 Å². The molecule has 1 unspecified atom stereocenters. The third kappa shape index (κ3) is 6.27. The molecule has 1 amide bonds. The van der Waals surface area contributed by atoms with E-state index in [1.807, 2.05) is 24.3 Å². The molecule has 19 heavy (non-hydrogen) atoms. The van der Waals surface area contributed by atoms with E-state index in [1.54, 1.807) is 11.8 Å². The lowest BCUT2D eigenvalue weighted by molar-refractivity contribution is -0.113. The number of benzene rings is 1. The average molecular weight is 277 g/mol. The number of hydrogen-bond donors (Lipinski definition) is 2. The molecule has 1 rings (SSSR count). The van der Waals surface area contributed by atoms with E-state index in [9.17, 15) is 4.79 Å². The van der Waals surface area contributed by atoms with Gasteiger partial charge in [-0.05, 0) is 30.7 Å². The third-order valence-electron chi connectivity index (χ3n) is 2.59. The van der Waals surface area contributed by atoms with Crippen LogP contribution in [0.3, 0.4) is 0 Å². The Bertz CT molecular complexity index is 439. The molecule has 1 aromatic carbocycles. The fourth-order valence-electron chi connectivity index (χ4n) is 1.53. The third-order valence-corrected chi connectivity index (χ3v) is 3.83. The van der Waals surface area contributed by atoms with Gasteiger partial charge in [-0.2, -0.15) is 5.26 Å². The molecule has 0 spiro atoms. The van der Waals surface area contributed by atoms with Gasteiger partial charge in [-0.1, -0.05) is 19.1 Å². The van der Waals surface area contributed by atoms with Crippen LogP contribution in [0.4, 0.5) is 5.69 Å². The van der Waals surface area contributed by atoms with Gasteiger partial charge < -0.3 is 11.1 Å². The summed E-state index contributed by atoms with van der Waals surface area (Å²) in [6, 6.07) is 9.42. The van der Waals surface area contributed by atoms with Gasteiger partial charge in [-0.3, -0.25) is 4.79 Å². The Morgan fingerprint density at radius 3 is 2.74 bits per heavy atom. The van der Waals surface area contributed by atoms with E-state index < -0.39 is 0 Å². The Labute approximate surface area is 118 Å². The van der Waals surface area contributed by atoms with E-state index in [0.717, 1.165) is 17.7 Å². The zero-order valence-corrected chi connectivity index (χ0v) is 11.9. The van der Waals surface area contributed by atoms with Gasteiger partial charge in [0.15, 0.2) is 0 Å². The predicted molar refractivity (Wildman–Crippen MR) is 80.0 cm³/mol. The maximum absolute atomic E-state index is 11.7. The van der Waals surface area contributed by atoms with Crippen molar-refractivity contribution in [3.63, 3.8) is 0 Å². The quantitative estimate of drug-likeness (QED) is 0.800. The van der Waals surface area contributed by atoms with E-state index in [1.165, 1.54) is 0 Å². The Morgan fingerprint density at radius 2 is 2.16 bits per heavy atom. The molecule has 0 aliphatic rings. The van der Waals surface area contributed by atoms with Crippen LogP contribution in [0, 0.1) is 11.3 Å². The lowest BCUT2D eigenvalue weighted by Crippen LogP contribution is -2.16. The van der Waals surface area contributed by atoms with Crippen molar-refractivity contribution in [2.24, 2.45) is 5.73 Å². The summed E-state index contributed by atoms with van der Waals surface area (Å²) in [4.78, 5) is 11.7. The van der Waals surface area contributed by atoms with Crippen LogP contribution >= 0.6 is 11.8 Å². The molecule has 0 bridgehead atoms. The highest BCUT2D eigenvalue weighted by atomic mass is 32.2. The van der Waals surface area contributed by atoms with Crippen molar-refractivity contribution < 1.29 is 4.79 Å². The highest BCUT2D eigenvalue weighted by Gasteiger charge is 2.06. The molecule has 4 nitrogen and oxygen atoms in total. The fourth-order valence-corrected chi connectivity index (χ4v) is 2.34. The van der Waals surface area contributed by atoms with Gasteiger partial charge in [0.25, 0.3) is 0 Å². The van der Waals surface area contributed by atoms with Crippen LogP contribution in [0.25, 0.3) is 0 Å². The van der Waals surface area contributed by atoms with Crippen LogP contribution in [-0.2, 0) is 11.2 Å². The Morgan fingerprint density at radius 1 is 1.47 bits per heavy atom. The summed E-state index contributed by atoms with van der Waals surface area (Å²) in [5.41, 5.74) is 7.17. The van der Waals surface area contributed by atoms with Gasteiger partial charge in [-0.15, -0.1) is 11.8 Å². The maximum Gasteiger partial charge on any atom is 0.234 e. The Balaban J connectivity index is 2.38. The predicted octanol–water partition coefficient (Wildman–Crippen LogP) is 2.16. The van der Waals surface area contributed by atoms with Gasteiger partial charge in [-0.25, -0.2) is 0 Å². The molecule has 0 aliphatic heterocycles. The standard InChI is InChI=1S/C14H19N3OS/c1-11(6-8-15)19-10-14(18)17-13-4-2-12(3-5-13)7-9-16/h2-5,11H,6-8,10,15H2,1H3,(H,17,18). The number of rotatable bonds is 7. The number of hydrogen-bond acceptors (Lipinski definition) is 4. The zero-order chi connectivity index (χ0) is 14.1. The SMILES string of the molecule is CC(CCN)SCC(=O)Nc1ccc(CC#N)cc1. The topological polar surface area (TPSA) is 78.9 Å². The first-order valence-electron chi connectivity index (χ1n) is 6.23. The molecule has 0 saturated carbocycles. The summed E-state index contributed by atoms with van der Waals surface area (Å²) in [7, 11) is 0. The summed E-state index contributed by atoms with van der Waals surface area (Å²) >= 11 is 1.60. The highest BCUT2D eigenvalue weighted by Crippen LogP contribution is 2.15. The van der Waals surface area contributed by atoms with Crippen LogP contribution in [0.15, 0.2) is 24.3 Å². The van der Waals surface area contributed by atoms with Crippen molar-refractivity contribution >= 4 is 23.4 Å². The van der Waals surface area contributed by atoms with Gasteiger partial charge in [0.2, 0.25) is 5.91 Å². The summed E-state index contributed by atoms with van der Waals surface area (Å²) in [6.45, 7) is 2.72. The van der Waals surface area contributed by atoms with Crippen molar-refractivity contribution in [3.05, 3.63) is 29.8 Å². The van der Waals surface area contributed by atoms with Crippen molar-refractivity contribution in [3.8, 4) is 6.07 Å². The second kappa shape index (κ2) is 8.57. The number of nitrogens with zero attached hydrogens (tertiary/aromatic N) is 1. The van der Waals surface area contributed by atoms with Gasteiger partial charge >= 0.3 is 0 Å². The molecule has 0 fully saturated rings. The molecular formula is C14H19N3OS. The van der Waals surface area contributed by atoms with E-state index in [4.69, 9.17) is 11.0 Å². The molecule has 1 aromatic rings. The van der Waals surface area contributed by atoms with Gasteiger partial charge in [0, 0.05) is 10.9 Å². The molecule has 0 saturated heterocycles. The number of anilines is 1. The van der Waals surface area contributed by atoms with Crippen LogP contribution < -0.4 is 11.1 Å². The van der Waals surface area contributed by atoms with Crippen LogP contribution in [0.2, 0.25) is 0 Å². The summed E-state index contributed by atoms with van der Waals surface area (Å²) in [5.74, 6) is 0.420. The lowest BCUT2D eigenvalue weighted by Gasteiger charge is -2.10. The Hall–Kier alpha value is -1.51. The van der Waals surface area contributed by atoms with E-state index in [0.29, 0.717) is 24.0 Å². The minimum Gasteiger partial charge on any atom is -0.330 e. The Kier molecular flexibility index (Phi) is 7.01. The number of nitrogens with two attached hydrogens (primary N) is 1. The second-order valence-electron chi connectivity index (χ2n) is 4.28. The van der Waals surface area contributed by atoms with Crippen molar-refractivity contribution in [2.45, 2.75) is 25.0 Å². The van der Waals surface area contributed by atoms with Gasteiger partial charge in [0.1, 0.15) is 0 Å². The van der Waals surface area contributed by atoms with Gasteiger partial charge in [0.05, 0.1) is 18.2 Å². The first kappa shape index (κ1) is 15.5. The minimum absolute atomic E-state index is 0.0121. The van der Waals surface area contributed by atoms with E-state index in [-0.39, 0.29) is 5.91 Å². The van der Waals surface area contributed by atoms with Crippen LogP contribution in [0.5, 0.6) is 0 Å². The molecular weight excluding hydrogens is 258 g/mol. The van der Waals surface area contributed by atoms with E-state index in [2.05, 4.69) is 18.3 Å². The summed E-state index contributed by atoms with van der Waals surface area (Å²) < 4.78 is 0. The van der Waals surface area contributed by atoms with Crippen LogP contribution in [0.1, 0.15) is 18.9 Å². The minimum atomic E-state index is -0.0121. The smallest absolute Gasteiger partial charge is 0.234 e. The normalized spacial score (nSPS) is 11.6. The fraction of sp³-hybridized carbons (Fsp3) is 0.429. The highest BCUT2D eigenvalue weighted by molar-refractivity contribution is 8.00. The molecule has 1 atom stereocenters. The first-order chi connectivity index (χ1) is 9.15. The molecule has 3 N–H and O–H groups in total. The second-order valence-corrected chi connectivity index (χ2v) is 5.71. The lowest BCUT2D eigenvalue weighted by atomic mass is 10.1. The summed E-state index contributed by atoms with van der Waals surface area (Å²) in [5, 5.41) is 11.8. The summed E-state index contributed by atoms with van der Waals surface area (Å²) in [6.07, 6.45) is 1.31. The number of carbonyl (C=O) groups excluding carboxylic acids is 1. The monoisotopic (exact) mass is 277 g/mol.